The van der Waals surface area contributed by atoms with Crippen LogP contribution in [0, 0.1) is 0 Å². The average molecular weight is 626 g/mol. The Kier molecular flexibility index (Phi) is 7.13. The standard InChI is InChI=1S/C30H36ClN7O4S/c1-30(2,3)42-29(40)36-14-17-8-7-9-18(15-36)37(17)28-33-26-22(27(39)35(28)4)24(34-38(26)21-10-5-6-13-41-21)19-11-12-20-25(23(19)31)43-16-32-20/h11-12,16-18,21H,5-10,13-15H2,1-4H3. The molecule has 1 aromatic carbocycles. The molecule has 3 saturated heterocycles. The first-order valence-corrected chi connectivity index (χ1v) is 16.3. The van der Waals surface area contributed by atoms with Crippen LogP contribution in [-0.2, 0) is 16.5 Å². The van der Waals surface area contributed by atoms with Crippen LogP contribution in [0.3, 0.4) is 0 Å². The van der Waals surface area contributed by atoms with Crippen LogP contribution in [0.5, 0.6) is 0 Å². The van der Waals surface area contributed by atoms with Gasteiger partial charge < -0.3 is 19.3 Å². The number of aromatic nitrogens is 5. The highest BCUT2D eigenvalue weighted by atomic mass is 35.5. The largest absolute Gasteiger partial charge is 0.444 e. The smallest absolute Gasteiger partial charge is 0.410 e. The van der Waals surface area contributed by atoms with Gasteiger partial charge in [0.2, 0.25) is 5.95 Å². The number of nitrogens with zero attached hydrogens (tertiary/aromatic N) is 7. The van der Waals surface area contributed by atoms with Crippen molar-refractivity contribution in [3.63, 3.8) is 0 Å². The molecule has 0 spiro atoms. The third kappa shape index (κ3) is 4.97. The SMILES string of the molecule is Cn1c(N2C3CCCC2CN(C(=O)OC(C)(C)C)C3)nc2c(c(-c3ccc4ncsc4c3Cl)nn2C2CCCCO2)c1=O. The molecule has 3 unspecified atom stereocenters. The fraction of sp³-hybridized carbons (Fsp3) is 0.567. The van der Waals surface area contributed by atoms with Gasteiger partial charge >= 0.3 is 6.09 Å². The van der Waals surface area contributed by atoms with E-state index < -0.39 is 5.60 Å². The number of carbonyl (C=O) groups is 1. The molecule has 1 amide bonds. The van der Waals surface area contributed by atoms with Crippen LogP contribution in [0.1, 0.15) is 65.5 Å². The molecule has 0 radical (unpaired) electrons. The molecule has 3 aliphatic heterocycles. The molecule has 6 heterocycles. The Morgan fingerprint density at radius 3 is 2.58 bits per heavy atom. The van der Waals surface area contributed by atoms with Gasteiger partial charge in [0.05, 0.1) is 20.7 Å². The van der Waals surface area contributed by atoms with E-state index in [0.29, 0.717) is 53.0 Å². The lowest BCUT2D eigenvalue weighted by atomic mass is 9.91. The van der Waals surface area contributed by atoms with Crippen LogP contribution in [0.2, 0.25) is 5.02 Å². The van der Waals surface area contributed by atoms with E-state index >= 15 is 0 Å². The normalized spacial score (nSPS) is 22.9. The summed E-state index contributed by atoms with van der Waals surface area (Å²) < 4.78 is 16.1. The highest BCUT2D eigenvalue weighted by molar-refractivity contribution is 7.17. The number of anilines is 1. The first-order valence-electron chi connectivity index (χ1n) is 15.0. The molecular formula is C30H36ClN7O4S. The Morgan fingerprint density at radius 2 is 1.88 bits per heavy atom. The van der Waals surface area contributed by atoms with Gasteiger partial charge in [-0.25, -0.2) is 14.5 Å². The first-order chi connectivity index (χ1) is 20.6. The minimum atomic E-state index is -0.565. The van der Waals surface area contributed by atoms with Gasteiger partial charge in [-0.05, 0) is 71.4 Å². The number of benzene rings is 1. The number of hydrogen-bond acceptors (Lipinski definition) is 9. The van der Waals surface area contributed by atoms with Crippen molar-refractivity contribution in [3.05, 3.63) is 33.0 Å². The zero-order valence-electron chi connectivity index (χ0n) is 24.9. The first kappa shape index (κ1) is 28.5. The number of fused-ring (bicyclic) bond motifs is 4. The van der Waals surface area contributed by atoms with E-state index in [1.165, 1.54) is 11.3 Å². The Labute approximate surface area is 258 Å². The summed E-state index contributed by atoms with van der Waals surface area (Å²) in [6.07, 6.45) is 4.99. The maximum atomic E-state index is 14.3. The number of amides is 1. The third-order valence-electron chi connectivity index (χ3n) is 8.64. The summed E-state index contributed by atoms with van der Waals surface area (Å²) in [6.45, 7) is 7.30. The summed E-state index contributed by atoms with van der Waals surface area (Å²) in [5, 5.41) is 5.94. The number of halogens is 1. The molecule has 11 nitrogen and oxygen atoms in total. The Morgan fingerprint density at radius 1 is 1.12 bits per heavy atom. The van der Waals surface area contributed by atoms with Gasteiger partial charge in [0.25, 0.3) is 5.56 Å². The van der Waals surface area contributed by atoms with Crippen LogP contribution >= 0.6 is 22.9 Å². The van der Waals surface area contributed by atoms with Crippen LogP contribution in [0.4, 0.5) is 10.7 Å². The van der Waals surface area contributed by atoms with Gasteiger partial charge in [0.15, 0.2) is 11.9 Å². The molecular weight excluding hydrogens is 590 g/mol. The van der Waals surface area contributed by atoms with E-state index in [0.717, 1.165) is 48.7 Å². The van der Waals surface area contributed by atoms with Gasteiger partial charge in [-0.1, -0.05) is 11.6 Å². The number of thiazole rings is 1. The lowest BCUT2D eigenvalue weighted by Crippen LogP contribution is -2.63. The molecule has 0 N–H and O–H groups in total. The van der Waals surface area contributed by atoms with Crippen molar-refractivity contribution in [1.29, 1.82) is 0 Å². The predicted octanol–water partition coefficient (Wildman–Crippen LogP) is 5.74. The predicted molar refractivity (Wildman–Crippen MR) is 167 cm³/mol. The number of rotatable bonds is 3. The number of likely N-dealkylation sites (tertiary alicyclic amines) is 1. The maximum absolute atomic E-state index is 14.3. The molecule has 4 aromatic rings. The van der Waals surface area contributed by atoms with Crippen molar-refractivity contribution in [3.8, 4) is 11.3 Å². The Balaban J connectivity index is 1.35. The number of piperazine rings is 1. The second kappa shape index (κ2) is 10.7. The number of ether oxygens (including phenoxy) is 2. The molecule has 3 aliphatic rings. The van der Waals surface area contributed by atoms with Crippen LogP contribution < -0.4 is 10.5 Å². The van der Waals surface area contributed by atoms with Crippen molar-refractivity contribution in [1.82, 2.24) is 29.2 Å². The molecule has 2 bridgehead atoms. The molecule has 0 saturated carbocycles. The van der Waals surface area contributed by atoms with Crippen LogP contribution in [0.15, 0.2) is 22.4 Å². The van der Waals surface area contributed by atoms with E-state index in [2.05, 4.69) is 9.88 Å². The minimum Gasteiger partial charge on any atom is -0.444 e. The van der Waals surface area contributed by atoms with Crippen LogP contribution in [-0.4, -0.2) is 72.7 Å². The fourth-order valence-electron chi connectivity index (χ4n) is 6.68. The fourth-order valence-corrected chi connectivity index (χ4v) is 7.79. The highest BCUT2D eigenvalue weighted by Crippen LogP contribution is 2.40. The number of carbonyl (C=O) groups excluding carboxylic acids is 1. The van der Waals surface area contributed by atoms with Crippen LogP contribution in [0.25, 0.3) is 32.5 Å². The minimum absolute atomic E-state index is 0.0144. The number of hydrogen-bond donors (Lipinski definition) is 0. The van der Waals surface area contributed by atoms with Gasteiger partial charge in [-0.2, -0.15) is 10.1 Å². The molecule has 3 atom stereocenters. The zero-order valence-corrected chi connectivity index (χ0v) is 26.5. The quantitative estimate of drug-likeness (QED) is 0.284. The Bertz CT molecular complexity index is 1760. The van der Waals surface area contributed by atoms with Crippen molar-refractivity contribution in [2.45, 2.75) is 83.2 Å². The molecule has 7 rings (SSSR count). The monoisotopic (exact) mass is 625 g/mol. The summed E-state index contributed by atoms with van der Waals surface area (Å²) in [6, 6.07) is 3.82. The highest BCUT2D eigenvalue weighted by Gasteiger charge is 2.42. The topological polar surface area (TPSA) is 108 Å². The van der Waals surface area contributed by atoms with E-state index in [1.54, 1.807) is 21.8 Å². The molecule has 228 valence electrons. The summed E-state index contributed by atoms with van der Waals surface area (Å²) in [5.41, 5.74) is 3.48. The van der Waals surface area contributed by atoms with Gasteiger partial charge in [-0.15, -0.1) is 11.3 Å². The van der Waals surface area contributed by atoms with Gasteiger partial charge in [0.1, 0.15) is 16.7 Å². The lowest BCUT2D eigenvalue weighted by molar-refractivity contribution is -0.0368. The van der Waals surface area contributed by atoms with Crippen molar-refractivity contribution < 1.29 is 14.3 Å². The van der Waals surface area contributed by atoms with E-state index in [1.807, 2.05) is 37.8 Å². The van der Waals surface area contributed by atoms with E-state index in [-0.39, 0.29) is 30.0 Å². The Hall–Kier alpha value is -3.22. The van der Waals surface area contributed by atoms with E-state index in [9.17, 15) is 9.59 Å². The second-order valence-corrected chi connectivity index (χ2v) is 14.0. The molecule has 3 fully saturated rings. The summed E-state index contributed by atoms with van der Waals surface area (Å²) in [4.78, 5) is 41.0. The molecule has 13 heteroatoms. The second-order valence-electron chi connectivity index (χ2n) is 12.7. The molecule has 43 heavy (non-hydrogen) atoms. The van der Waals surface area contributed by atoms with Crippen molar-refractivity contribution >= 4 is 56.2 Å². The number of piperidine rings is 1. The summed E-state index contributed by atoms with van der Waals surface area (Å²) >= 11 is 8.37. The lowest BCUT2D eigenvalue weighted by Gasteiger charge is -2.50. The molecule has 0 aliphatic carbocycles. The maximum Gasteiger partial charge on any atom is 0.410 e. The average Bonchev–Trinajstić information content (AvgIpc) is 3.60. The third-order valence-corrected chi connectivity index (χ3v) is 10.0. The zero-order chi connectivity index (χ0) is 30.0. The van der Waals surface area contributed by atoms with Gasteiger partial charge in [-0.3, -0.25) is 9.36 Å². The van der Waals surface area contributed by atoms with Crippen molar-refractivity contribution in [2.24, 2.45) is 7.05 Å². The van der Waals surface area contributed by atoms with Gasteiger partial charge in [0, 0.05) is 44.4 Å². The van der Waals surface area contributed by atoms with E-state index in [4.69, 9.17) is 31.2 Å². The summed E-state index contributed by atoms with van der Waals surface area (Å²) in [5.74, 6) is 0.587. The molecule has 3 aromatic heterocycles. The summed E-state index contributed by atoms with van der Waals surface area (Å²) in [7, 11) is 1.77. The van der Waals surface area contributed by atoms with Crippen molar-refractivity contribution in [2.75, 3.05) is 24.6 Å².